The monoisotopic (exact) mass is 593 g/mol. The largest absolute Gasteiger partial charge is 0.444 e. The number of carbonyl (C=O) groups excluding carboxylic acids is 2. The Hall–Kier alpha value is -2.37. The van der Waals surface area contributed by atoms with Crippen molar-refractivity contribution in [1.29, 1.82) is 0 Å². The summed E-state index contributed by atoms with van der Waals surface area (Å²) in [6, 6.07) is 15.5. The second-order valence-electron chi connectivity index (χ2n) is 9.77. The second-order valence-corrected chi connectivity index (χ2v) is 14.0. The number of hydrogen-bond acceptors (Lipinski definition) is 6. The minimum absolute atomic E-state index is 0.00596. The quantitative estimate of drug-likeness (QED) is 0.554. The van der Waals surface area contributed by atoms with E-state index in [2.05, 4.69) is 26.2 Å². The van der Waals surface area contributed by atoms with E-state index in [-0.39, 0.29) is 29.2 Å². The molecular formula is C25H28BrN3O5S2. The van der Waals surface area contributed by atoms with Gasteiger partial charge in [0.1, 0.15) is 11.6 Å². The number of benzene rings is 2. The molecule has 36 heavy (non-hydrogen) atoms. The van der Waals surface area contributed by atoms with Crippen molar-refractivity contribution in [1.82, 2.24) is 5.32 Å². The summed E-state index contributed by atoms with van der Waals surface area (Å²) in [4.78, 5) is 32.3. The molecule has 2 aliphatic rings. The van der Waals surface area contributed by atoms with E-state index in [1.54, 1.807) is 20.8 Å². The minimum atomic E-state index is -3.19. The fourth-order valence-corrected chi connectivity index (χ4v) is 8.47. The normalized spacial score (nSPS) is 22.8. The zero-order valence-electron chi connectivity index (χ0n) is 20.2. The Morgan fingerprint density at radius 2 is 1.89 bits per heavy atom. The highest BCUT2D eigenvalue weighted by Crippen LogP contribution is 2.41. The number of thioether (sulfide) groups is 1. The van der Waals surface area contributed by atoms with Crippen LogP contribution in [0.2, 0.25) is 0 Å². The van der Waals surface area contributed by atoms with Crippen LogP contribution in [0.5, 0.6) is 0 Å². The number of hydrogen-bond donors (Lipinski definition) is 1. The Kier molecular flexibility index (Phi) is 7.82. The molecule has 2 saturated heterocycles. The standard InChI is InChI=1S/C25H28BrN3O5S2/c1-25(2,3)34-24(31)27-19(12-16-8-5-4-6-9-16)22(30)28-23-29(18-11-7-10-17(26)13-18)20-14-36(32,33)15-21(20)35-23/h4-11,13,19-21H,12,14-15H2,1-3H3,(H,27,31)/t19-,20+,21+/m1/s1. The molecule has 3 atom stereocenters. The molecule has 2 aromatic carbocycles. The molecule has 0 unspecified atom stereocenters. The van der Waals surface area contributed by atoms with Gasteiger partial charge >= 0.3 is 6.09 Å². The molecule has 11 heteroatoms. The van der Waals surface area contributed by atoms with Crippen LogP contribution in [0, 0.1) is 0 Å². The average Bonchev–Trinajstić information content (AvgIpc) is 3.23. The lowest BCUT2D eigenvalue weighted by atomic mass is 10.1. The van der Waals surface area contributed by atoms with Gasteiger partial charge in [-0.15, -0.1) is 0 Å². The predicted molar refractivity (Wildman–Crippen MR) is 146 cm³/mol. The van der Waals surface area contributed by atoms with Gasteiger partial charge in [0.05, 0.1) is 17.5 Å². The molecule has 2 aromatic rings. The number of ether oxygens (including phenoxy) is 1. The third-order valence-electron chi connectivity index (χ3n) is 5.63. The molecule has 0 saturated carbocycles. The Balaban J connectivity index is 1.65. The van der Waals surface area contributed by atoms with Crippen molar-refractivity contribution < 1.29 is 22.7 Å². The van der Waals surface area contributed by atoms with Crippen LogP contribution in [0.15, 0.2) is 64.1 Å². The van der Waals surface area contributed by atoms with Gasteiger partial charge in [0.25, 0.3) is 5.91 Å². The number of rotatable bonds is 5. The van der Waals surface area contributed by atoms with E-state index in [4.69, 9.17) is 4.74 Å². The number of amides is 2. The number of anilines is 1. The zero-order chi connectivity index (χ0) is 26.1. The maximum Gasteiger partial charge on any atom is 0.408 e. The summed E-state index contributed by atoms with van der Waals surface area (Å²) in [7, 11) is -3.19. The van der Waals surface area contributed by atoms with Gasteiger partial charge in [0.15, 0.2) is 15.0 Å². The zero-order valence-corrected chi connectivity index (χ0v) is 23.4. The maximum atomic E-state index is 13.5. The smallest absolute Gasteiger partial charge is 0.408 e. The van der Waals surface area contributed by atoms with Crippen LogP contribution in [0.1, 0.15) is 26.3 Å². The van der Waals surface area contributed by atoms with Crippen LogP contribution >= 0.6 is 27.7 Å². The molecule has 0 aliphatic carbocycles. The van der Waals surface area contributed by atoms with Crippen LogP contribution in [0.3, 0.4) is 0 Å². The number of fused-ring (bicyclic) bond motifs is 1. The van der Waals surface area contributed by atoms with E-state index in [9.17, 15) is 18.0 Å². The van der Waals surface area contributed by atoms with Crippen molar-refractivity contribution in [3.8, 4) is 0 Å². The summed E-state index contributed by atoms with van der Waals surface area (Å²) < 4.78 is 30.9. The van der Waals surface area contributed by atoms with E-state index in [0.717, 1.165) is 15.7 Å². The van der Waals surface area contributed by atoms with E-state index in [1.165, 1.54) is 11.8 Å². The van der Waals surface area contributed by atoms with Crippen molar-refractivity contribution in [3.63, 3.8) is 0 Å². The Bertz CT molecular complexity index is 1280. The second kappa shape index (κ2) is 10.5. The van der Waals surface area contributed by atoms with Crippen LogP contribution < -0.4 is 10.2 Å². The maximum absolute atomic E-state index is 13.5. The predicted octanol–water partition coefficient (Wildman–Crippen LogP) is 4.19. The Labute approximate surface area is 223 Å². The first kappa shape index (κ1) is 26.7. The SMILES string of the molecule is CC(C)(C)OC(=O)N[C@H](Cc1ccccc1)C(=O)N=C1S[C@H]2CS(=O)(=O)C[C@@H]2N1c1cccc(Br)c1. The van der Waals surface area contributed by atoms with Crippen LogP contribution in [-0.2, 0) is 25.8 Å². The molecular weight excluding hydrogens is 566 g/mol. The first-order valence-corrected chi connectivity index (χ1v) is 15.0. The van der Waals surface area contributed by atoms with Gasteiger partial charge in [-0.25, -0.2) is 13.2 Å². The number of carbonyl (C=O) groups is 2. The highest BCUT2D eigenvalue weighted by Gasteiger charge is 2.49. The molecule has 192 valence electrons. The summed E-state index contributed by atoms with van der Waals surface area (Å²) in [6.45, 7) is 5.25. The van der Waals surface area contributed by atoms with E-state index >= 15 is 0 Å². The van der Waals surface area contributed by atoms with Gasteiger partial charge in [-0.3, -0.25) is 4.79 Å². The lowest BCUT2D eigenvalue weighted by Gasteiger charge is -2.25. The lowest BCUT2D eigenvalue weighted by Crippen LogP contribution is -2.45. The Morgan fingerprint density at radius 1 is 1.17 bits per heavy atom. The van der Waals surface area contributed by atoms with Gasteiger partial charge in [0, 0.05) is 21.8 Å². The summed E-state index contributed by atoms with van der Waals surface area (Å²) in [5.74, 6) is -0.507. The summed E-state index contributed by atoms with van der Waals surface area (Å²) in [5, 5.41) is 2.87. The van der Waals surface area contributed by atoms with Gasteiger partial charge in [0.2, 0.25) is 0 Å². The van der Waals surface area contributed by atoms with Crippen molar-refractivity contribution in [3.05, 3.63) is 64.6 Å². The van der Waals surface area contributed by atoms with Gasteiger partial charge < -0.3 is 15.0 Å². The molecule has 0 radical (unpaired) electrons. The Morgan fingerprint density at radius 3 is 2.56 bits per heavy atom. The number of amidine groups is 1. The van der Waals surface area contributed by atoms with Crippen LogP contribution in [-0.4, -0.2) is 60.0 Å². The van der Waals surface area contributed by atoms with Crippen molar-refractivity contribution in [2.75, 3.05) is 16.4 Å². The topological polar surface area (TPSA) is 105 Å². The molecule has 0 spiro atoms. The number of nitrogens with one attached hydrogen (secondary N) is 1. The van der Waals surface area contributed by atoms with Crippen molar-refractivity contribution in [2.45, 2.75) is 50.1 Å². The third kappa shape index (κ3) is 6.68. The third-order valence-corrected chi connectivity index (χ3v) is 9.33. The molecule has 2 fully saturated rings. The summed E-state index contributed by atoms with van der Waals surface area (Å²) in [5.41, 5.74) is 0.878. The molecule has 2 aliphatic heterocycles. The number of alkyl carbamates (subject to hydrolysis) is 1. The highest BCUT2D eigenvalue weighted by atomic mass is 79.9. The molecule has 0 aromatic heterocycles. The van der Waals surface area contributed by atoms with Crippen LogP contribution in [0.25, 0.3) is 0 Å². The number of nitrogens with zero attached hydrogens (tertiary/aromatic N) is 2. The summed E-state index contributed by atoms with van der Waals surface area (Å²) >= 11 is 4.76. The first-order chi connectivity index (χ1) is 16.9. The van der Waals surface area contributed by atoms with Crippen LogP contribution in [0.4, 0.5) is 10.5 Å². The number of aliphatic imine (C=N–C) groups is 1. The minimum Gasteiger partial charge on any atom is -0.444 e. The number of halogens is 1. The first-order valence-electron chi connectivity index (χ1n) is 11.5. The molecule has 8 nitrogen and oxygen atoms in total. The molecule has 1 N–H and O–H groups in total. The lowest BCUT2D eigenvalue weighted by molar-refractivity contribution is -0.119. The molecule has 4 rings (SSSR count). The fraction of sp³-hybridized carbons (Fsp3) is 0.400. The number of sulfone groups is 1. The van der Waals surface area contributed by atoms with Crippen molar-refractivity contribution in [2.24, 2.45) is 4.99 Å². The van der Waals surface area contributed by atoms with E-state index < -0.39 is 33.5 Å². The fourth-order valence-electron chi connectivity index (χ4n) is 4.16. The molecule has 2 heterocycles. The average molecular weight is 595 g/mol. The molecule has 0 bridgehead atoms. The van der Waals surface area contributed by atoms with Gasteiger partial charge in [-0.1, -0.05) is 64.1 Å². The van der Waals surface area contributed by atoms with E-state index in [0.29, 0.717) is 5.17 Å². The summed E-state index contributed by atoms with van der Waals surface area (Å²) in [6.07, 6.45) is -0.471. The highest BCUT2D eigenvalue weighted by molar-refractivity contribution is 9.10. The van der Waals surface area contributed by atoms with E-state index in [1.807, 2.05) is 59.5 Å². The van der Waals surface area contributed by atoms with Gasteiger partial charge in [-0.05, 0) is 44.5 Å². The van der Waals surface area contributed by atoms with Crippen molar-refractivity contribution >= 4 is 60.4 Å². The van der Waals surface area contributed by atoms with Gasteiger partial charge in [-0.2, -0.15) is 4.99 Å². The molecule has 2 amide bonds.